The van der Waals surface area contributed by atoms with E-state index in [2.05, 4.69) is 6.92 Å². The topological polar surface area (TPSA) is 144 Å². The molecule has 1 heterocycles. The molecule has 51 heavy (non-hydrogen) atoms. The van der Waals surface area contributed by atoms with E-state index in [1.165, 1.54) is 20.3 Å². The summed E-state index contributed by atoms with van der Waals surface area (Å²) in [7, 11) is 7.65. The number of benzene rings is 1. The molecule has 1 N–H and O–H groups in total. The molecule has 1 aliphatic rings. The summed E-state index contributed by atoms with van der Waals surface area (Å²) >= 11 is 0. The maximum atomic E-state index is 13.6. The number of unbranched alkanes of at least 4 members (excludes halogenated alkanes) is 4. The van der Waals surface area contributed by atoms with Crippen LogP contribution in [-0.2, 0) is 54.0 Å². The molecule has 1 aromatic carbocycles. The van der Waals surface area contributed by atoms with Crippen molar-refractivity contribution >= 4 is 39.3 Å². The van der Waals surface area contributed by atoms with E-state index in [4.69, 9.17) is 40.9 Å². The monoisotopic (exact) mass is 732 g/mol. The smallest absolute Gasteiger partial charge is 0.330 e. The second kappa shape index (κ2) is 22.4. The summed E-state index contributed by atoms with van der Waals surface area (Å²) in [6.07, 6.45) is 5.09. The molecule has 1 unspecified atom stereocenters. The van der Waals surface area contributed by atoms with Crippen molar-refractivity contribution < 1.29 is 52.5 Å². The molecule has 1 aliphatic heterocycles. The number of carboxylic acid groups (broad SMARTS) is 1. The lowest BCUT2D eigenvalue weighted by molar-refractivity contribution is -0.340. The van der Waals surface area contributed by atoms with Gasteiger partial charge in [0, 0.05) is 38.4 Å². The second-order valence-corrected chi connectivity index (χ2v) is 15.2. The van der Waals surface area contributed by atoms with Crippen LogP contribution in [0.25, 0.3) is 0 Å². The van der Waals surface area contributed by atoms with Gasteiger partial charge in [-0.25, -0.2) is 4.79 Å². The first-order valence-corrected chi connectivity index (χ1v) is 19.7. The van der Waals surface area contributed by atoms with Crippen LogP contribution in [0.4, 0.5) is 0 Å². The molecular weight excluding hydrogens is 674 g/mol. The van der Waals surface area contributed by atoms with Gasteiger partial charge in [-0.3, -0.25) is 14.4 Å². The van der Waals surface area contributed by atoms with Gasteiger partial charge in [0.2, 0.25) is 0 Å². The molecular formula is C38H58BO11P. The Kier molecular flexibility index (Phi) is 19.6. The van der Waals surface area contributed by atoms with Gasteiger partial charge in [-0.15, -0.1) is 0 Å². The summed E-state index contributed by atoms with van der Waals surface area (Å²) in [6, 6.07) is 9.77. The Morgan fingerprint density at radius 1 is 1.08 bits per heavy atom. The number of hydrogen-bond acceptors (Lipinski definition) is 10. The number of aliphatic carboxylic acids is 1. The van der Waals surface area contributed by atoms with Crippen molar-refractivity contribution in [2.24, 2.45) is 11.3 Å². The molecule has 6 atom stereocenters. The minimum Gasteiger partial charge on any atom is -0.481 e. The molecule has 0 aromatic heterocycles. The van der Waals surface area contributed by atoms with E-state index >= 15 is 0 Å². The maximum Gasteiger partial charge on any atom is 0.330 e. The van der Waals surface area contributed by atoms with Gasteiger partial charge in [-0.2, -0.15) is 0 Å². The number of hydrogen-bond donors (Lipinski definition) is 1. The van der Waals surface area contributed by atoms with Crippen LogP contribution in [0.1, 0.15) is 104 Å². The predicted octanol–water partition coefficient (Wildman–Crippen LogP) is 7.08. The molecule has 2 radical (unpaired) electrons. The third-order valence-corrected chi connectivity index (χ3v) is 9.87. The average Bonchev–Trinajstić information content (AvgIpc) is 3.09. The molecule has 11 nitrogen and oxygen atoms in total. The molecule has 2 rings (SSSR count). The van der Waals surface area contributed by atoms with Crippen LogP contribution in [0, 0.1) is 11.3 Å². The highest BCUT2D eigenvalue weighted by Crippen LogP contribution is 2.52. The highest BCUT2D eigenvalue weighted by molar-refractivity contribution is 7.77. The Morgan fingerprint density at radius 3 is 2.37 bits per heavy atom. The number of carbonyl (C=O) groups is 4. The molecule has 0 saturated carbocycles. The largest absolute Gasteiger partial charge is 0.481 e. The highest BCUT2D eigenvalue weighted by Gasteiger charge is 2.58. The Bertz CT molecular complexity index is 1270. The van der Waals surface area contributed by atoms with Gasteiger partial charge < -0.3 is 33.3 Å². The van der Waals surface area contributed by atoms with Crippen LogP contribution in [0.2, 0.25) is 0 Å². The molecule has 0 amide bonds. The van der Waals surface area contributed by atoms with Gasteiger partial charge in [0.1, 0.15) is 20.0 Å². The Hall–Kier alpha value is -2.63. The summed E-state index contributed by atoms with van der Waals surface area (Å²) in [5.41, 5.74) is 0.507. The zero-order valence-corrected chi connectivity index (χ0v) is 32.4. The van der Waals surface area contributed by atoms with E-state index in [1.807, 2.05) is 37.3 Å². The summed E-state index contributed by atoms with van der Waals surface area (Å²) in [5.74, 6) is -4.70. The summed E-state index contributed by atoms with van der Waals surface area (Å²) in [5, 5.41) is 9.05. The number of carboxylic acids is 1. The fraction of sp³-hybridized carbons (Fsp3) is 0.684. The molecule has 0 aliphatic carbocycles. The van der Waals surface area contributed by atoms with E-state index in [-0.39, 0.29) is 38.1 Å². The predicted molar refractivity (Wildman–Crippen MR) is 196 cm³/mol. The average molecular weight is 733 g/mol. The van der Waals surface area contributed by atoms with E-state index in [1.54, 1.807) is 20.5 Å². The van der Waals surface area contributed by atoms with Crippen molar-refractivity contribution in [3.05, 3.63) is 47.5 Å². The molecule has 1 saturated heterocycles. The van der Waals surface area contributed by atoms with E-state index in [9.17, 15) is 19.2 Å². The van der Waals surface area contributed by atoms with Crippen molar-refractivity contribution in [1.29, 1.82) is 0 Å². The first kappa shape index (κ1) is 44.5. The standard InChI is InChI=1S/C38H58BO11P/c1-8-9-10-11-15-18-30(40)23-32-29(22-36(44)45-5)21-31(24-33(50-51(7)39)27(2)47-25-28-16-13-12-14-17-28)49-38(32,46-6)37(3,4)26-48-35(43)20-19-34(41)42/h12-14,16-17,22,27,31-33H,8-11,15,18-21,23-26H2,1-7H3,(H,41,42)/b29-22+/t27-,31+,32+,33-,38-,51?/m1/s1. The number of rotatable bonds is 24. The maximum absolute atomic E-state index is 13.6. The lowest BCUT2D eigenvalue weighted by atomic mass is 9.68. The molecule has 0 bridgehead atoms. The van der Waals surface area contributed by atoms with Gasteiger partial charge in [0.25, 0.3) is 0 Å². The number of ketones is 1. The van der Waals surface area contributed by atoms with Crippen LogP contribution in [-0.4, -0.2) is 88.0 Å². The molecule has 284 valence electrons. The zero-order valence-electron chi connectivity index (χ0n) is 31.5. The molecule has 13 heteroatoms. The summed E-state index contributed by atoms with van der Waals surface area (Å²) < 4.78 is 36.4. The minimum absolute atomic E-state index is 0.00565. The van der Waals surface area contributed by atoms with E-state index in [0.29, 0.717) is 25.0 Å². The summed E-state index contributed by atoms with van der Waals surface area (Å²) in [6.45, 7) is 9.58. The molecule has 1 fully saturated rings. The van der Waals surface area contributed by atoms with Crippen molar-refractivity contribution in [3.63, 3.8) is 0 Å². The zero-order chi connectivity index (χ0) is 38.0. The van der Waals surface area contributed by atoms with Crippen LogP contribution in [0.5, 0.6) is 0 Å². The Labute approximate surface area is 306 Å². The van der Waals surface area contributed by atoms with Gasteiger partial charge in [-0.05, 0) is 40.0 Å². The number of methoxy groups -OCH3 is 2. The van der Waals surface area contributed by atoms with E-state index in [0.717, 1.165) is 37.7 Å². The van der Waals surface area contributed by atoms with E-state index < -0.39 is 61.4 Å². The van der Waals surface area contributed by atoms with Gasteiger partial charge in [0.15, 0.2) is 5.79 Å². The molecule has 1 aromatic rings. The number of esters is 2. The Morgan fingerprint density at radius 2 is 1.76 bits per heavy atom. The third-order valence-electron chi connectivity index (χ3n) is 9.27. The van der Waals surface area contributed by atoms with Crippen LogP contribution >= 0.6 is 8.03 Å². The van der Waals surface area contributed by atoms with Crippen molar-refractivity contribution in [1.82, 2.24) is 0 Å². The lowest BCUT2D eigenvalue weighted by Gasteiger charge is -2.54. The minimum atomic E-state index is -1.57. The number of Topliss-reactive ketones (excluding diaryl/α,β-unsaturated/α-hetero) is 1. The van der Waals surface area contributed by atoms with Crippen LogP contribution < -0.4 is 0 Å². The fourth-order valence-corrected chi connectivity index (χ4v) is 7.17. The summed E-state index contributed by atoms with van der Waals surface area (Å²) in [4.78, 5) is 50.1. The first-order valence-electron chi connectivity index (χ1n) is 17.9. The number of carbonyl (C=O) groups excluding carboxylic acids is 3. The van der Waals surface area contributed by atoms with Crippen LogP contribution in [0.3, 0.4) is 0 Å². The quantitative estimate of drug-likeness (QED) is 0.0383. The lowest BCUT2D eigenvalue weighted by Crippen LogP contribution is -2.61. The number of ether oxygens (including phenoxy) is 5. The Balaban J connectivity index is 2.51. The van der Waals surface area contributed by atoms with Crippen LogP contribution in [0.15, 0.2) is 42.0 Å². The van der Waals surface area contributed by atoms with Gasteiger partial charge in [0.05, 0.1) is 50.3 Å². The first-order chi connectivity index (χ1) is 24.2. The van der Waals surface area contributed by atoms with Gasteiger partial charge >= 0.3 is 17.9 Å². The highest BCUT2D eigenvalue weighted by atomic mass is 31.1. The fourth-order valence-electron chi connectivity index (χ4n) is 6.49. The second-order valence-electron chi connectivity index (χ2n) is 13.9. The van der Waals surface area contributed by atoms with Gasteiger partial charge in [-0.1, -0.05) is 82.4 Å². The van der Waals surface area contributed by atoms with Crippen molar-refractivity contribution in [2.45, 2.75) is 129 Å². The molecule has 0 spiro atoms. The third kappa shape index (κ3) is 14.7. The normalized spacial score (nSPS) is 21.8. The van der Waals surface area contributed by atoms with Crippen molar-refractivity contribution in [2.75, 3.05) is 27.5 Å². The SMILES string of the molecule is [B]P(C)O[C@H](C[C@@H]1C/C(=C\C(=O)OC)[C@H](CC(=O)CCCCCCC)[C@](OC)(C(C)(C)COC(=O)CCC(=O)O)O1)[C@@H](C)OCc1ccccc1. The van der Waals surface area contributed by atoms with Crippen molar-refractivity contribution in [3.8, 4) is 0 Å².